The van der Waals surface area contributed by atoms with Gasteiger partial charge in [-0.1, -0.05) is 0 Å². The summed E-state index contributed by atoms with van der Waals surface area (Å²) in [5.41, 5.74) is -0.466. The highest BCUT2D eigenvalue weighted by molar-refractivity contribution is 5.68. The summed E-state index contributed by atoms with van der Waals surface area (Å²) in [5, 5.41) is 10.2. The minimum atomic E-state index is -0.466. The van der Waals surface area contributed by atoms with E-state index in [9.17, 15) is 9.90 Å². The Morgan fingerprint density at radius 3 is 2.63 bits per heavy atom. The fourth-order valence-corrected chi connectivity index (χ4v) is 2.34. The molecular weight excluding hydrogens is 244 g/mol. The Bertz CT molecular complexity index is 300. The number of amides is 1. The van der Waals surface area contributed by atoms with Crippen molar-refractivity contribution in [3.05, 3.63) is 0 Å². The quantitative estimate of drug-likeness (QED) is 0.847. The van der Waals surface area contributed by atoms with Gasteiger partial charge in [0.1, 0.15) is 5.60 Å². The molecule has 2 unspecified atom stereocenters. The SMILES string of the molecule is CN(C)CC(O)C1CCCN(C(=O)OC(C)(C)C)C1. The number of aliphatic hydroxyl groups excluding tert-OH is 1. The molecule has 0 aromatic rings. The second-order valence-corrected chi connectivity index (χ2v) is 6.66. The highest BCUT2D eigenvalue weighted by Gasteiger charge is 2.31. The molecule has 1 saturated heterocycles. The van der Waals surface area contributed by atoms with E-state index < -0.39 is 5.60 Å². The molecule has 0 aromatic heterocycles. The van der Waals surface area contributed by atoms with Gasteiger partial charge in [-0.2, -0.15) is 0 Å². The normalized spacial score (nSPS) is 22.5. The van der Waals surface area contributed by atoms with E-state index in [1.165, 1.54) is 0 Å². The summed E-state index contributed by atoms with van der Waals surface area (Å²) < 4.78 is 5.38. The topological polar surface area (TPSA) is 53.0 Å². The van der Waals surface area contributed by atoms with E-state index in [0.717, 1.165) is 19.4 Å². The van der Waals surface area contributed by atoms with Crippen molar-refractivity contribution in [1.29, 1.82) is 0 Å². The Morgan fingerprint density at radius 2 is 2.11 bits per heavy atom. The van der Waals surface area contributed by atoms with Crippen LogP contribution in [-0.2, 0) is 4.74 Å². The Hall–Kier alpha value is -0.810. The summed E-state index contributed by atoms with van der Waals surface area (Å²) in [4.78, 5) is 15.7. The second kappa shape index (κ2) is 6.57. The van der Waals surface area contributed by atoms with E-state index >= 15 is 0 Å². The highest BCUT2D eigenvalue weighted by Crippen LogP contribution is 2.22. The summed E-state index contributed by atoms with van der Waals surface area (Å²) in [5.74, 6) is 0.142. The van der Waals surface area contributed by atoms with Crippen LogP contribution in [0.4, 0.5) is 4.79 Å². The third-order valence-corrected chi connectivity index (χ3v) is 3.21. The van der Waals surface area contributed by atoms with Crippen molar-refractivity contribution < 1.29 is 14.6 Å². The first-order chi connectivity index (χ1) is 8.69. The van der Waals surface area contributed by atoms with Crippen LogP contribution >= 0.6 is 0 Å². The van der Waals surface area contributed by atoms with Crippen LogP contribution in [0, 0.1) is 5.92 Å². The first-order valence-corrected chi connectivity index (χ1v) is 7.00. The van der Waals surface area contributed by atoms with Crippen molar-refractivity contribution in [2.24, 2.45) is 5.92 Å². The largest absolute Gasteiger partial charge is 0.444 e. The lowest BCUT2D eigenvalue weighted by Crippen LogP contribution is -2.47. The van der Waals surface area contributed by atoms with Crippen LogP contribution in [0.25, 0.3) is 0 Å². The predicted molar refractivity (Wildman–Crippen MR) is 75.1 cm³/mol. The minimum absolute atomic E-state index is 0.142. The van der Waals surface area contributed by atoms with Crippen molar-refractivity contribution in [2.45, 2.75) is 45.3 Å². The molecule has 0 bridgehead atoms. The Morgan fingerprint density at radius 1 is 1.47 bits per heavy atom. The summed E-state index contributed by atoms with van der Waals surface area (Å²) in [6, 6.07) is 0. The Kier molecular flexibility index (Phi) is 5.62. The number of likely N-dealkylation sites (tertiary alicyclic amines) is 1. The average Bonchev–Trinajstić information content (AvgIpc) is 2.26. The van der Waals surface area contributed by atoms with Crippen molar-refractivity contribution >= 4 is 6.09 Å². The van der Waals surface area contributed by atoms with Crippen LogP contribution in [-0.4, -0.2) is 66.4 Å². The molecule has 1 aliphatic rings. The number of hydrogen-bond acceptors (Lipinski definition) is 4. The fraction of sp³-hybridized carbons (Fsp3) is 0.929. The first kappa shape index (κ1) is 16.2. The molecule has 1 fully saturated rings. The van der Waals surface area contributed by atoms with Gasteiger partial charge in [0, 0.05) is 25.6 Å². The number of rotatable bonds is 3. The molecule has 0 aliphatic carbocycles. The van der Waals surface area contributed by atoms with Crippen LogP contribution in [0.1, 0.15) is 33.6 Å². The van der Waals surface area contributed by atoms with Crippen molar-refractivity contribution in [3.63, 3.8) is 0 Å². The minimum Gasteiger partial charge on any atom is -0.444 e. The van der Waals surface area contributed by atoms with Gasteiger partial charge in [-0.3, -0.25) is 0 Å². The number of nitrogens with zero attached hydrogens (tertiary/aromatic N) is 2. The molecule has 2 atom stereocenters. The van der Waals surface area contributed by atoms with Gasteiger partial charge in [-0.15, -0.1) is 0 Å². The van der Waals surface area contributed by atoms with Crippen LogP contribution in [0.15, 0.2) is 0 Å². The lowest BCUT2D eigenvalue weighted by atomic mass is 9.92. The van der Waals surface area contributed by atoms with E-state index in [2.05, 4.69) is 0 Å². The van der Waals surface area contributed by atoms with Gasteiger partial charge in [0.05, 0.1) is 6.10 Å². The van der Waals surface area contributed by atoms with Crippen LogP contribution in [0.2, 0.25) is 0 Å². The van der Waals surface area contributed by atoms with E-state index in [-0.39, 0.29) is 18.1 Å². The molecule has 5 heteroatoms. The van der Waals surface area contributed by atoms with E-state index in [4.69, 9.17) is 4.74 Å². The van der Waals surface area contributed by atoms with E-state index in [0.29, 0.717) is 13.1 Å². The molecule has 1 rings (SSSR count). The highest BCUT2D eigenvalue weighted by atomic mass is 16.6. The smallest absolute Gasteiger partial charge is 0.410 e. The first-order valence-electron chi connectivity index (χ1n) is 7.00. The zero-order valence-electron chi connectivity index (χ0n) is 12.8. The van der Waals surface area contributed by atoms with Gasteiger partial charge in [0.2, 0.25) is 0 Å². The number of hydrogen-bond donors (Lipinski definition) is 1. The predicted octanol–water partition coefficient (Wildman–Crippen LogP) is 1.56. The van der Waals surface area contributed by atoms with E-state index in [1.54, 1.807) is 4.90 Å². The van der Waals surface area contributed by atoms with Gasteiger partial charge in [0.25, 0.3) is 0 Å². The van der Waals surface area contributed by atoms with Crippen LogP contribution in [0.5, 0.6) is 0 Å². The van der Waals surface area contributed by atoms with Gasteiger partial charge in [-0.05, 0) is 47.7 Å². The number of likely N-dealkylation sites (N-methyl/N-ethyl adjacent to an activating group) is 1. The summed E-state index contributed by atoms with van der Waals surface area (Å²) in [6.07, 6.45) is 1.23. The van der Waals surface area contributed by atoms with Gasteiger partial charge in [0.15, 0.2) is 0 Å². The van der Waals surface area contributed by atoms with Gasteiger partial charge < -0.3 is 19.6 Å². The molecule has 1 heterocycles. The molecule has 5 nitrogen and oxygen atoms in total. The summed E-state index contributed by atoms with van der Waals surface area (Å²) >= 11 is 0. The lowest BCUT2D eigenvalue weighted by molar-refractivity contribution is -0.000964. The maximum Gasteiger partial charge on any atom is 0.410 e. The lowest BCUT2D eigenvalue weighted by Gasteiger charge is -2.36. The van der Waals surface area contributed by atoms with Crippen molar-refractivity contribution in [3.8, 4) is 0 Å². The zero-order valence-corrected chi connectivity index (χ0v) is 12.8. The van der Waals surface area contributed by atoms with Crippen molar-refractivity contribution in [2.75, 3.05) is 33.7 Å². The Balaban J connectivity index is 2.52. The van der Waals surface area contributed by atoms with Gasteiger partial charge >= 0.3 is 6.09 Å². The van der Waals surface area contributed by atoms with Gasteiger partial charge in [-0.25, -0.2) is 4.79 Å². The number of ether oxygens (including phenoxy) is 1. The Labute approximate surface area is 116 Å². The maximum atomic E-state index is 12.0. The molecule has 1 amide bonds. The molecule has 0 aromatic carbocycles. The number of carbonyl (C=O) groups excluding carboxylic acids is 1. The maximum absolute atomic E-state index is 12.0. The molecule has 0 radical (unpaired) electrons. The van der Waals surface area contributed by atoms with E-state index in [1.807, 2.05) is 39.8 Å². The number of piperidine rings is 1. The average molecular weight is 272 g/mol. The molecule has 0 spiro atoms. The standard InChI is InChI=1S/C14H28N2O3/c1-14(2,3)19-13(18)16-8-6-7-11(9-16)12(17)10-15(4)5/h11-12,17H,6-10H2,1-5H3. The summed E-state index contributed by atoms with van der Waals surface area (Å²) in [6.45, 7) is 7.55. The molecular formula is C14H28N2O3. The third kappa shape index (κ3) is 5.78. The van der Waals surface area contributed by atoms with Crippen LogP contribution < -0.4 is 0 Å². The second-order valence-electron chi connectivity index (χ2n) is 6.66. The molecule has 1 N–H and O–H groups in total. The molecule has 1 aliphatic heterocycles. The monoisotopic (exact) mass is 272 g/mol. The molecule has 19 heavy (non-hydrogen) atoms. The molecule has 0 saturated carbocycles. The zero-order chi connectivity index (χ0) is 14.6. The summed E-state index contributed by atoms with van der Waals surface area (Å²) in [7, 11) is 3.88. The number of aliphatic hydroxyl groups is 1. The third-order valence-electron chi connectivity index (χ3n) is 3.21. The number of carbonyl (C=O) groups is 1. The molecule has 112 valence electrons. The van der Waals surface area contributed by atoms with Crippen LogP contribution in [0.3, 0.4) is 0 Å². The van der Waals surface area contributed by atoms with Crippen molar-refractivity contribution in [1.82, 2.24) is 9.80 Å². The fourth-order valence-electron chi connectivity index (χ4n) is 2.34.